The third kappa shape index (κ3) is 2.83. The van der Waals surface area contributed by atoms with E-state index in [1.54, 1.807) is 11.6 Å². The molecular formula is C11H16N4O4. The Bertz CT molecular complexity index is 491. The van der Waals surface area contributed by atoms with Crippen LogP contribution in [-0.4, -0.2) is 31.9 Å². The summed E-state index contributed by atoms with van der Waals surface area (Å²) in [5.74, 6) is 0. The molecule has 0 radical (unpaired) electrons. The van der Waals surface area contributed by atoms with Gasteiger partial charge in [-0.15, -0.1) is 0 Å². The van der Waals surface area contributed by atoms with E-state index in [2.05, 4.69) is 10.4 Å². The molecule has 0 atom stereocenters. The minimum absolute atomic E-state index is 0.0281. The zero-order chi connectivity index (χ0) is 14.0. The normalized spacial score (nSPS) is 23.0. The molecule has 2 rings (SSSR count). The second kappa shape index (κ2) is 5.25. The summed E-state index contributed by atoms with van der Waals surface area (Å²) in [6.45, 7) is 1.69. The van der Waals surface area contributed by atoms with Crippen LogP contribution in [0.15, 0.2) is 6.20 Å². The van der Waals surface area contributed by atoms with E-state index < -0.39 is 11.0 Å². The minimum Gasteiger partial charge on any atom is -0.465 e. The summed E-state index contributed by atoms with van der Waals surface area (Å²) >= 11 is 0. The molecule has 104 valence electrons. The predicted octanol–water partition coefficient (Wildman–Crippen LogP) is 1.85. The van der Waals surface area contributed by atoms with Gasteiger partial charge in [0.25, 0.3) is 0 Å². The van der Waals surface area contributed by atoms with Gasteiger partial charge in [-0.3, -0.25) is 14.8 Å². The Morgan fingerprint density at radius 2 is 2.16 bits per heavy atom. The Hall–Kier alpha value is -2.12. The van der Waals surface area contributed by atoms with Crippen molar-refractivity contribution in [2.75, 3.05) is 0 Å². The minimum atomic E-state index is -1.01. The molecule has 1 amide bonds. The fourth-order valence-electron chi connectivity index (χ4n) is 2.60. The van der Waals surface area contributed by atoms with Crippen molar-refractivity contribution in [3.05, 3.63) is 22.0 Å². The van der Waals surface area contributed by atoms with Gasteiger partial charge in [0, 0.05) is 6.04 Å². The molecule has 0 aliphatic heterocycles. The lowest BCUT2D eigenvalue weighted by molar-refractivity contribution is -0.385. The second-order valence-corrected chi connectivity index (χ2v) is 4.77. The summed E-state index contributed by atoms with van der Waals surface area (Å²) in [5.41, 5.74) is 0.588. The number of carbonyl (C=O) groups is 1. The van der Waals surface area contributed by atoms with Crippen molar-refractivity contribution >= 4 is 11.8 Å². The van der Waals surface area contributed by atoms with Crippen LogP contribution in [0.4, 0.5) is 10.5 Å². The third-order valence-electron chi connectivity index (χ3n) is 3.59. The summed E-state index contributed by atoms with van der Waals surface area (Å²) in [4.78, 5) is 20.9. The first-order valence-corrected chi connectivity index (χ1v) is 6.17. The Labute approximate surface area is 109 Å². The van der Waals surface area contributed by atoms with Crippen LogP contribution >= 0.6 is 0 Å². The van der Waals surface area contributed by atoms with Crippen LogP contribution in [0.5, 0.6) is 0 Å². The topological polar surface area (TPSA) is 110 Å². The van der Waals surface area contributed by atoms with Gasteiger partial charge in [0.2, 0.25) is 0 Å². The first kappa shape index (κ1) is 13.3. The number of amides is 1. The van der Waals surface area contributed by atoms with Gasteiger partial charge < -0.3 is 10.4 Å². The molecule has 0 unspecified atom stereocenters. The molecule has 8 heteroatoms. The lowest BCUT2D eigenvalue weighted by Gasteiger charge is -2.28. The van der Waals surface area contributed by atoms with Crippen molar-refractivity contribution in [2.45, 2.75) is 44.7 Å². The smallest absolute Gasteiger partial charge is 0.404 e. The molecule has 1 heterocycles. The maximum absolute atomic E-state index is 10.8. The van der Waals surface area contributed by atoms with E-state index in [4.69, 9.17) is 5.11 Å². The van der Waals surface area contributed by atoms with Crippen molar-refractivity contribution < 1.29 is 14.8 Å². The molecule has 2 N–H and O–H groups in total. The number of aromatic nitrogens is 2. The number of nitrogens with zero attached hydrogens (tertiary/aromatic N) is 3. The van der Waals surface area contributed by atoms with Crippen molar-refractivity contribution in [1.82, 2.24) is 15.1 Å². The number of nitrogens with one attached hydrogen (secondary N) is 1. The highest BCUT2D eigenvalue weighted by Crippen LogP contribution is 2.31. The summed E-state index contributed by atoms with van der Waals surface area (Å²) < 4.78 is 1.69. The lowest BCUT2D eigenvalue weighted by atomic mass is 9.91. The molecule has 19 heavy (non-hydrogen) atoms. The lowest BCUT2D eigenvalue weighted by Crippen LogP contribution is -2.37. The summed E-state index contributed by atoms with van der Waals surface area (Å²) in [5, 5.41) is 26.0. The average molecular weight is 268 g/mol. The van der Waals surface area contributed by atoms with Gasteiger partial charge in [0.05, 0.1) is 11.0 Å². The highest BCUT2D eigenvalue weighted by molar-refractivity contribution is 5.64. The summed E-state index contributed by atoms with van der Waals surface area (Å²) in [6, 6.07) is 0.0835. The predicted molar refractivity (Wildman–Crippen MR) is 66.1 cm³/mol. The van der Waals surface area contributed by atoms with Crippen LogP contribution < -0.4 is 5.32 Å². The van der Waals surface area contributed by atoms with Crippen LogP contribution in [0.25, 0.3) is 0 Å². The molecule has 1 aromatic heterocycles. The second-order valence-electron chi connectivity index (χ2n) is 4.77. The highest BCUT2D eigenvalue weighted by Gasteiger charge is 2.27. The molecule has 1 aliphatic carbocycles. The van der Waals surface area contributed by atoms with E-state index in [0.29, 0.717) is 5.69 Å². The SMILES string of the molecule is Cc1c([N+](=O)[O-])cnn1[C@H]1CC[C@@H](NC(=O)O)CC1. The molecule has 8 nitrogen and oxygen atoms in total. The van der Waals surface area contributed by atoms with E-state index in [9.17, 15) is 14.9 Å². The summed E-state index contributed by atoms with van der Waals surface area (Å²) in [6.07, 6.45) is 3.26. The Morgan fingerprint density at radius 1 is 1.53 bits per heavy atom. The molecule has 1 saturated carbocycles. The van der Waals surface area contributed by atoms with E-state index >= 15 is 0 Å². The van der Waals surface area contributed by atoms with Gasteiger partial charge in [0.15, 0.2) is 0 Å². The van der Waals surface area contributed by atoms with Crippen molar-refractivity contribution in [3.63, 3.8) is 0 Å². The molecule has 0 aromatic carbocycles. The average Bonchev–Trinajstić information content (AvgIpc) is 2.71. The third-order valence-corrected chi connectivity index (χ3v) is 3.59. The van der Waals surface area contributed by atoms with Gasteiger partial charge in [0.1, 0.15) is 11.9 Å². The number of hydrogen-bond donors (Lipinski definition) is 2. The quantitative estimate of drug-likeness (QED) is 0.642. The van der Waals surface area contributed by atoms with Crippen LogP contribution in [-0.2, 0) is 0 Å². The monoisotopic (exact) mass is 268 g/mol. The molecule has 0 spiro atoms. The van der Waals surface area contributed by atoms with Crippen molar-refractivity contribution in [2.24, 2.45) is 0 Å². The number of hydrogen-bond acceptors (Lipinski definition) is 4. The van der Waals surface area contributed by atoms with E-state index in [-0.39, 0.29) is 17.8 Å². The zero-order valence-corrected chi connectivity index (χ0v) is 10.6. The van der Waals surface area contributed by atoms with Crippen molar-refractivity contribution in [3.8, 4) is 0 Å². The molecule has 1 aromatic rings. The molecule has 1 aliphatic rings. The zero-order valence-electron chi connectivity index (χ0n) is 10.6. The van der Waals surface area contributed by atoms with Crippen LogP contribution in [0.1, 0.15) is 37.4 Å². The van der Waals surface area contributed by atoms with Gasteiger partial charge in [-0.1, -0.05) is 0 Å². The maximum Gasteiger partial charge on any atom is 0.404 e. The van der Waals surface area contributed by atoms with E-state index in [0.717, 1.165) is 25.7 Å². The van der Waals surface area contributed by atoms with Gasteiger partial charge in [-0.25, -0.2) is 4.79 Å². The maximum atomic E-state index is 10.8. The van der Waals surface area contributed by atoms with Crippen LogP contribution in [0.3, 0.4) is 0 Å². The fraction of sp³-hybridized carbons (Fsp3) is 0.636. The molecule has 0 saturated heterocycles. The fourth-order valence-corrected chi connectivity index (χ4v) is 2.60. The Morgan fingerprint density at radius 3 is 2.63 bits per heavy atom. The highest BCUT2D eigenvalue weighted by atomic mass is 16.6. The number of rotatable bonds is 3. The van der Waals surface area contributed by atoms with Crippen LogP contribution in [0.2, 0.25) is 0 Å². The van der Waals surface area contributed by atoms with Gasteiger partial charge in [-0.05, 0) is 32.6 Å². The molecule has 0 bridgehead atoms. The Balaban J connectivity index is 2.02. The standard InChI is InChI=1S/C11H16N4O4/c1-7-10(15(18)19)6-12-14(7)9-4-2-8(3-5-9)13-11(16)17/h6,8-9,13H,2-5H2,1H3,(H,16,17)/t8-,9+. The Kier molecular flexibility index (Phi) is 3.68. The van der Waals surface area contributed by atoms with Crippen molar-refractivity contribution in [1.29, 1.82) is 0 Å². The van der Waals surface area contributed by atoms with Crippen LogP contribution in [0, 0.1) is 17.0 Å². The summed E-state index contributed by atoms with van der Waals surface area (Å²) in [7, 11) is 0. The first-order chi connectivity index (χ1) is 8.99. The first-order valence-electron chi connectivity index (χ1n) is 6.17. The van der Waals surface area contributed by atoms with E-state index in [1.807, 2.05) is 0 Å². The molecular weight excluding hydrogens is 252 g/mol. The number of nitro groups is 1. The van der Waals surface area contributed by atoms with Gasteiger partial charge >= 0.3 is 11.8 Å². The van der Waals surface area contributed by atoms with Gasteiger partial charge in [-0.2, -0.15) is 5.10 Å². The van der Waals surface area contributed by atoms with E-state index in [1.165, 1.54) is 6.20 Å². The largest absolute Gasteiger partial charge is 0.465 e. The molecule has 1 fully saturated rings. The number of carboxylic acid groups (broad SMARTS) is 1.